The molecule has 1 aliphatic rings. The molecule has 1 aromatic heterocycles. The molecule has 208 valence electrons. The average molecular weight is 566 g/mol. The molecule has 1 amide bonds. The van der Waals surface area contributed by atoms with Gasteiger partial charge in [-0.3, -0.25) is 9.69 Å². The predicted molar refractivity (Wildman–Crippen MR) is 145 cm³/mol. The van der Waals surface area contributed by atoms with Gasteiger partial charge in [-0.05, 0) is 80.2 Å². The first-order valence-electron chi connectivity index (χ1n) is 12.5. The van der Waals surface area contributed by atoms with E-state index in [0.29, 0.717) is 35.7 Å². The van der Waals surface area contributed by atoms with E-state index in [-0.39, 0.29) is 17.6 Å². The maximum absolute atomic E-state index is 12.4. The fraction of sp³-hybridized carbons (Fsp3) is 0.286. The van der Waals surface area contributed by atoms with E-state index in [1.54, 1.807) is 24.3 Å². The van der Waals surface area contributed by atoms with Gasteiger partial charge >= 0.3 is 11.9 Å². The van der Waals surface area contributed by atoms with Crippen molar-refractivity contribution < 1.29 is 29.1 Å². The van der Waals surface area contributed by atoms with Crippen LogP contribution in [0.3, 0.4) is 0 Å². The highest BCUT2D eigenvalue weighted by atomic mass is 35.5. The van der Waals surface area contributed by atoms with E-state index in [2.05, 4.69) is 38.6 Å². The van der Waals surface area contributed by atoms with Crippen molar-refractivity contribution in [2.75, 3.05) is 19.6 Å². The summed E-state index contributed by atoms with van der Waals surface area (Å²) in [4.78, 5) is 38.1. The number of hydrogen-bond acceptors (Lipinski definition) is 8. The lowest BCUT2D eigenvalue weighted by atomic mass is 9.93. The molecule has 0 saturated carbocycles. The molecule has 3 aromatic rings. The van der Waals surface area contributed by atoms with Gasteiger partial charge in [0.25, 0.3) is 17.6 Å². The molecule has 40 heavy (non-hydrogen) atoms. The molecule has 0 bridgehead atoms. The molecule has 1 saturated heterocycles. The lowest BCUT2D eigenvalue weighted by molar-refractivity contribution is -0.134. The summed E-state index contributed by atoms with van der Waals surface area (Å²) in [5, 5.41) is 31.9. The number of aliphatic carboxylic acids is 2. The van der Waals surface area contributed by atoms with Crippen LogP contribution in [0.4, 0.5) is 0 Å². The van der Waals surface area contributed by atoms with Crippen LogP contribution in [0.2, 0.25) is 5.02 Å². The number of carboxylic acid groups (broad SMARTS) is 2. The number of halogens is 1. The number of nitrogens with zero attached hydrogens (tertiary/aromatic N) is 4. The Bertz CT molecular complexity index is 1340. The molecule has 0 atom stereocenters. The normalized spacial score (nSPS) is 13.7. The second kappa shape index (κ2) is 15.2. The van der Waals surface area contributed by atoms with Crippen LogP contribution in [0.15, 0.2) is 65.2 Å². The topological polar surface area (TPSA) is 170 Å². The zero-order valence-electron chi connectivity index (χ0n) is 21.5. The smallest absolute Gasteiger partial charge is 0.328 e. The molecule has 2 heterocycles. The Balaban J connectivity index is 0.000000482. The fourth-order valence-electron chi connectivity index (χ4n) is 4.01. The number of amides is 1. The predicted octanol–water partition coefficient (Wildman–Crippen LogP) is 4.01. The number of benzene rings is 2. The number of rotatable bonds is 9. The number of carbonyl (C=O) groups excluding carboxylic acids is 1. The van der Waals surface area contributed by atoms with Gasteiger partial charge in [0, 0.05) is 35.8 Å². The molecule has 0 unspecified atom stereocenters. The first-order valence-corrected chi connectivity index (χ1v) is 12.8. The molecule has 4 rings (SSSR count). The molecule has 2 aromatic carbocycles. The van der Waals surface area contributed by atoms with Crippen LogP contribution in [0.1, 0.15) is 41.0 Å². The van der Waals surface area contributed by atoms with Crippen molar-refractivity contribution in [2.24, 2.45) is 5.92 Å². The van der Waals surface area contributed by atoms with Crippen molar-refractivity contribution in [3.8, 4) is 17.5 Å². The molecule has 3 N–H and O–H groups in total. The summed E-state index contributed by atoms with van der Waals surface area (Å²) in [5.41, 5.74) is 2.49. The van der Waals surface area contributed by atoms with Crippen molar-refractivity contribution in [3.63, 3.8) is 0 Å². The Morgan fingerprint density at radius 1 is 1.05 bits per heavy atom. The third kappa shape index (κ3) is 9.98. The number of piperidine rings is 1. The van der Waals surface area contributed by atoms with Gasteiger partial charge in [0.2, 0.25) is 0 Å². The van der Waals surface area contributed by atoms with Crippen molar-refractivity contribution >= 4 is 29.4 Å². The first-order chi connectivity index (χ1) is 19.2. The summed E-state index contributed by atoms with van der Waals surface area (Å²) in [5.74, 6) is -1.99. The maximum Gasteiger partial charge on any atom is 0.328 e. The Morgan fingerprint density at radius 2 is 1.68 bits per heavy atom. The molecule has 0 spiro atoms. The lowest BCUT2D eigenvalue weighted by Gasteiger charge is -2.32. The van der Waals surface area contributed by atoms with Gasteiger partial charge in [0.1, 0.15) is 0 Å². The van der Waals surface area contributed by atoms with Crippen LogP contribution in [-0.4, -0.2) is 62.7 Å². The molecule has 1 aliphatic heterocycles. The first kappa shape index (κ1) is 30.0. The van der Waals surface area contributed by atoms with Crippen molar-refractivity contribution in [3.05, 3.63) is 82.7 Å². The molecular formula is C28H28ClN5O6. The molecule has 0 aliphatic carbocycles. The molecule has 11 nitrogen and oxygen atoms in total. The third-order valence-electron chi connectivity index (χ3n) is 6.12. The molecule has 12 heteroatoms. The van der Waals surface area contributed by atoms with E-state index in [9.17, 15) is 14.4 Å². The van der Waals surface area contributed by atoms with Crippen LogP contribution in [0.25, 0.3) is 11.5 Å². The van der Waals surface area contributed by atoms with Crippen LogP contribution in [0.5, 0.6) is 0 Å². The lowest BCUT2D eigenvalue weighted by Crippen LogP contribution is -2.35. The minimum absolute atomic E-state index is 0.0159. The number of likely N-dealkylation sites (tertiary alicyclic amines) is 1. The van der Waals surface area contributed by atoms with E-state index >= 15 is 0 Å². The van der Waals surface area contributed by atoms with Crippen LogP contribution < -0.4 is 5.32 Å². The average Bonchev–Trinajstić information content (AvgIpc) is 3.45. The minimum atomic E-state index is -1.26. The number of carbonyl (C=O) groups is 3. The molecular weight excluding hydrogens is 538 g/mol. The number of nitriles is 1. The van der Waals surface area contributed by atoms with Crippen molar-refractivity contribution in [2.45, 2.75) is 25.8 Å². The van der Waals surface area contributed by atoms with E-state index in [1.807, 2.05) is 12.1 Å². The third-order valence-corrected chi connectivity index (χ3v) is 6.38. The van der Waals surface area contributed by atoms with Gasteiger partial charge in [0.05, 0.1) is 11.6 Å². The Hall–Kier alpha value is -4.53. The van der Waals surface area contributed by atoms with Crippen molar-refractivity contribution in [1.82, 2.24) is 20.4 Å². The van der Waals surface area contributed by atoms with Gasteiger partial charge < -0.3 is 20.1 Å². The van der Waals surface area contributed by atoms with Gasteiger partial charge in [-0.15, -0.1) is 0 Å². The van der Waals surface area contributed by atoms with Crippen molar-refractivity contribution in [1.29, 1.82) is 5.26 Å². The highest BCUT2D eigenvalue weighted by molar-refractivity contribution is 6.30. The molecule has 0 radical (unpaired) electrons. The summed E-state index contributed by atoms with van der Waals surface area (Å²) >= 11 is 5.96. The maximum atomic E-state index is 12.4. The zero-order chi connectivity index (χ0) is 28.9. The van der Waals surface area contributed by atoms with E-state index in [4.69, 9.17) is 31.6 Å². The van der Waals surface area contributed by atoms with Gasteiger partial charge in [-0.25, -0.2) is 9.59 Å². The summed E-state index contributed by atoms with van der Waals surface area (Å²) in [6, 6.07) is 16.8. The number of aromatic nitrogens is 2. The summed E-state index contributed by atoms with van der Waals surface area (Å²) < 4.78 is 5.19. The highest BCUT2D eigenvalue weighted by Gasteiger charge is 2.20. The van der Waals surface area contributed by atoms with E-state index in [1.165, 1.54) is 5.56 Å². The minimum Gasteiger partial charge on any atom is -0.478 e. The second-order valence-corrected chi connectivity index (χ2v) is 9.45. The van der Waals surface area contributed by atoms with Gasteiger partial charge in [-0.2, -0.15) is 10.2 Å². The van der Waals surface area contributed by atoms with Crippen LogP contribution in [0, 0.1) is 17.2 Å². The van der Waals surface area contributed by atoms with Gasteiger partial charge in [0.15, 0.2) is 0 Å². The standard InChI is InChI=1S/C24H24ClN5O2.C4H4O4/c25-21-7-3-19(4-8-21)16-30-13-10-17(11-14-30)9-12-27-23(31)22-28-24(32-29-22)20-5-1-18(15-26)2-6-20;5-3(6)1-2-4(7)8/h1-8,17H,9-14,16H2,(H,27,31);1-2H,(H,5,6)(H,7,8). The summed E-state index contributed by atoms with van der Waals surface area (Å²) in [6.07, 6.45) is 4.29. The second-order valence-electron chi connectivity index (χ2n) is 9.01. The SMILES string of the molecule is N#Cc1ccc(-c2nc(C(=O)NCCC3CCN(Cc4ccc(Cl)cc4)CC3)no2)cc1.O=C(O)C=CC(=O)O. The van der Waals surface area contributed by atoms with E-state index < -0.39 is 11.9 Å². The largest absolute Gasteiger partial charge is 0.478 e. The number of nitrogens with one attached hydrogen (secondary N) is 1. The summed E-state index contributed by atoms with van der Waals surface area (Å²) in [7, 11) is 0. The van der Waals surface area contributed by atoms with Crippen LogP contribution >= 0.6 is 11.6 Å². The van der Waals surface area contributed by atoms with Gasteiger partial charge in [-0.1, -0.05) is 28.9 Å². The molecule has 1 fully saturated rings. The Morgan fingerprint density at radius 3 is 2.25 bits per heavy atom. The highest BCUT2D eigenvalue weighted by Crippen LogP contribution is 2.22. The zero-order valence-corrected chi connectivity index (χ0v) is 22.3. The quantitative estimate of drug-likeness (QED) is 0.322. The Kier molecular flexibility index (Phi) is 11.4. The number of carboxylic acids is 2. The summed E-state index contributed by atoms with van der Waals surface area (Å²) in [6.45, 7) is 3.64. The number of hydrogen-bond donors (Lipinski definition) is 3. The van der Waals surface area contributed by atoms with Crippen LogP contribution in [-0.2, 0) is 16.1 Å². The monoisotopic (exact) mass is 565 g/mol. The van der Waals surface area contributed by atoms with E-state index in [0.717, 1.165) is 43.9 Å². The fourth-order valence-corrected chi connectivity index (χ4v) is 4.14. The Labute approximate surface area is 235 Å².